The average molecular weight is 264 g/mol. The van der Waals surface area contributed by atoms with Gasteiger partial charge in [-0.2, -0.15) is 0 Å². The maximum Gasteiger partial charge on any atom is 0.118 e. The van der Waals surface area contributed by atoms with Crippen molar-refractivity contribution in [3.05, 3.63) is 23.7 Å². The van der Waals surface area contributed by atoms with Gasteiger partial charge in [-0.3, -0.25) is 4.90 Å². The first-order valence-corrected chi connectivity index (χ1v) is 7.70. The minimum absolute atomic E-state index is 0.500. The molecule has 1 fully saturated rings. The predicted octanol–water partition coefficient (Wildman–Crippen LogP) is 3.40. The summed E-state index contributed by atoms with van der Waals surface area (Å²) in [5, 5.41) is 3.39. The van der Waals surface area contributed by atoms with E-state index >= 15 is 0 Å². The molecule has 0 radical (unpaired) electrons. The Bertz CT molecular complexity index is 369. The van der Waals surface area contributed by atoms with Crippen LogP contribution in [-0.2, 0) is 13.1 Å². The van der Waals surface area contributed by atoms with Crippen molar-refractivity contribution < 1.29 is 4.42 Å². The van der Waals surface area contributed by atoms with Gasteiger partial charge in [0.15, 0.2) is 0 Å². The second kappa shape index (κ2) is 7.11. The first kappa shape index (κ1) is 14.6. The lowest BCUT2D eigenvalue weighted by Gasteiger charge is -2.20. The zero-order valence-electron chi connectivity index (χ0n) is 12.6. The molecule has 1 heterocycles. The van der Waals surface area contributed by atoms with Gasteiger partial charge in [-0.1, -0.05) is 20.8 Å². The van der Waals surface area contributed by atoms with Crippen LogP contribution in [0.3, 0.4) is 0 Å². The third kappa shape index (κ3) is 5.37. The normalized spacial score (nSPS) is 15.6. The van der Waals surface area contributed by atoms with Gasteiger partial charge in [0.25, 0.3) is 0 Å². The van der Waals surface area contributed by atoms with E-state index in [-0.39, 0.29) is 0 Å². The maximum absolute atomic E-state index is 5.91. The summed E-state index contributed by atoms with van der Waals surface area (Å²) in [6, 6.07) is 4.73. The van der Waals surface area contributed by atoms with E-state index in [2.05, 4.69) is 43.1 Å². The lowest BCUT2D eigenvalue weighted by Crippen LogP contribution is -2.26. The van der Waals surface area contributed by atoms with E-state index in [9.17, 15) is 0 Å². The van der Waals surface area contributed by atoms with E-state index in [1.54, 1.807) is 0 Å². The van der Waals surface area contributed by atoms with Gasteiger partial charge in [0.2, 0.25) is 0 Å². The number of nitrogens with one attached hydrogen (secondary N) is 1. The first-order valence-electron chi connectivity index (χ1n) is 7.70. The molecule has 1 aromatic rings. The van der Waals surface area contributed by atoms with Crippen molar-refractivity contribution in [1.29, 1.82) is 0 Å². The monoisotopic (exact) mass is 264 g/mol. The van der Waals surface area contributed by atoms with Crippen molar-refractivity contribution in [1.82, 2.24) is 10.2 Å². The lowest BCUT2D eigenvalue weighted by molar-refractivity contribution is 0.232. The van der Waals surface area contributed by atoms with Crippen molar-refractivity contribution in [3.8, 4) is 0 Å². The second-order valence-electron chi connectivity index (χ2n) is 6.08. The van der Waals surface area contributed by atoms with Crippen LogP contribution in [0.15, 0.2) is 16.5 Å². The zero-order valence-corrected chi connectivity index (χ0v) is 12.6. The van der Waals surface area contributed by atoms with Crippen LogP contribution in [0.4, 0.5) is 0 Å². The molecule has 1 saturated carbocycles. The van der Waals surface area contributed by atoms with Gasteiger partial charge in [0.1, 0.15) is 11.5 Å². The summed E-state index contributed by atoms with van der Waals surface area (Å²) in [4.78, 5) is 2.54. The van der Waals surface area contributed by atoms with Gasteiger partial charge in [0.05, 0.1) is 13.1 Å². The van der Waals surface area contributed by atoms with Crippen LogP contribution >= 0.6 is 0 Å². The highest BCUT2D eigenvalue weighted by atomic mass is 16.3. The van der Waals surface area contributed by atoms with Crippen LogP contribution < -0.4 is 5.32 Å². The van der Waals surface area contributed by atoms with E-state index in [1.807, 2.05) is 0 Å². The molecule has 19 heavy (non-hydrogen) atoms. The molecule has 0 spiro atoms. The van der Waals surface area contributed by atoms with Crippen molar-refractivity contribution >= 4 is 0 Å². The van der Waals surface area contributed by atoms with Crippen LogP contribution in [0.1, 0.15) is 51.6 Å². The predicted molar refractivity (Wildman–Crippen MR) is 79.0 cm³/mol. The quantitative estimate of drug-likeness (QED) is 0.741. The smallest absolute Gasteiger partial charge is 0.118 e. The maximum atomic E-state index is 5.91. The molecule has 3 nitrogen and oxygen atoms in total. The average Bonchev–Trinajstić information content (AvgIpc) is 3.05. The third-order valence-corrected chi connectivity index (χ3v) is 3.53. The first-order chi connectivity index (χ1) is 9.17. The van der Waals surface area contributed by atoms with Gasteiger partial charge in [-0.05, 0) is 43.9 Å². The molecule has 0 aliphatic heterocycles. The molecule has 1 aliphatic rings. The highest BCUT2D eigenvalue weighted by Gasteiger charge is 2.24. The molecule has 0 saturated heterocycles. The summed E-state index contributed by atoms with van der Waals surface area (Å²) in [5.74, 6) is 3.10. The van der Waals surface area contributed by atoms with Crippen molar-refractivity contribution in [2.45, 2.75) is 59.2 Å². The number of hydrogen-bond acceptors (Lipinski definition) is 3. The molecule has 0 bridgehead atoms. The molecule has 0 amide bonds. The summed E-state index contributed by atoms with van der Waals surface area (Å²) < 4.78 is 5.91. The Balaban J connectivity index is 1.82. The van der Waals surface area contributed by atoms with Gasteiger partial charge in [-0.15, -0.1) is 0 Å². The Morgan fingerprint density at radius 2 is 2.05 bits per heavy atom. The summed E-state index contributed by atoms with van der Waals surface area (Å²) in [7, 11) is 0. The Kier molecular flexibility index (Phi) is 5.46. The molecule has 1 aliphatic carbocycles. The number of furan rings is 1. The molecular formula is C16H28N2O. The highest BCUT2D eigenvalue weighted by Crippen LogP contribution is 2.30. The van der Waals surface area contributed by atoms with E-state index in [0.717, 1.165) is 30.5 Å². The molecule has 1 aromatic heterocycles. The Labute approximate surface area is 117 Å². The fourth-order valence-corrected chi connectivity index (χ4v) is 2.34. The highest BCUT2D eigenvalue weighted by molar-refractivity contribution is 5.07. The fourth-order valence-electron chi connectivity index (χ4n) is 2.34. The second-order valence-corrected chi connectivity index (χ2v) is 6.08. The van der Waals surface area contributed by atoms with Gasteiger partial charge < -0.3 is 9.73 Å². The Hall–Kier alpha value is -0.800. The standard InChI is InChI=1S/C16H28N2O/c1-4-9-18(11-14-5-6-14)12-16-8-7-15(19-16)10-17-13(2)3/h7-8,13-14,17H,4-6,9-12H2,1-3H3. The molecule has 2 rings (SSSR count). The molecule has 108 valence electrons. The SMILES string of the molecule is CCCN(Cc1ccc(CNC(C)C)o1)CC1CC1. The molecule has 0 aromatic carbocycles. The molecule has 1 N–H and O–H groups in total. The van der Waals surface area contributed by atoms with E-state index < -0.39 is 0 Å². The van der Waals surface area contributed by atoms with Crippen LogP contribution in [0.25, 0.3) is 0 Å². The van der Waals surface area contributed by atoms with E-state index in [4.69, 9.17) is 4.42 Å². The molecule has 0 unspecified atom stereocenters. The number of rotatable bonds is 9. The Morgan fingerprint density at radius 3 is 2.68 bits per heavy atom. The molecule has 0 atom stereocenters. The summed E-state index contributed by atoms with van der Waals surface area (Å²) in [6.07, 6.45) is 4.05. The van der Waals surface area contributed by atoms with Crippen molar-refractivity contribution in [3.63, 3.8) is 0 Å². The summed E-state index contributed by atoms with van der Waals surface area (Å²) in [5.41, 5.74) is 0. The summed E-state index contributed by atoms with van der Waals surface area (Å²) in [6.45, 7) is 10.8. The topological polar surface area (TPSA) is 28.4 Å². The lowest BCUT2D eigenvalue weighted by atomic mass is 10.3. The molecule has 3 heteroatoms. The van der Waals surface area contributed by atoms with E-state index in [1.165, 1.54) is 32.4 Å². The van der Waals surface area contributed by atoms with Crippen LogP contribution in [-0.4, -0.2) is 24.0 Å². The van der Waals surface area contributed by atoms with Crippen LogP contribution in [0.2, 0.25) is 0 Å². The van der Waals surface area contributed by atoms with Crippen molar-refractivity contribution in [2.75, 3.05) is 13.1 Å². The number of nitrogens with zero attached hydrogens (tertiary/aromatic N) is 1. The minimum Gasteiger partial charge on any atom is -0.463 e. The fraction of sp³-hybridized carbons (Fsp3) is 0.750. The van der Waals surface area contributed by atoms with Crippen molar-refractivity contribution in [2.24, 2.45) is 5.92 Å². The third-order valence-electron chi connectivity index (χ3n) is 3.53. The molecular weight excluding hydrogens is 236 g/mol. The zero-order chi connectivity index (χ0) is 13.7. The minimum atomic E-state index is 0.500. The van der Waals surface area contributed by atoms with Gasteiger partial charge >= 0.3 is 0 Å². The Morgan fingerprint density at radius 1 is 1.32 bits per heavy atom. The number of hydrogen-bond donors (Lipinski definition) is 1. The summed E-state index contributed by atoms with van der Waals surface area (Å²) >= 11 is 0. The van der Waals surface area contributed by atoms with Gasteiger partial charge in [0, 0.05) is 12.6 Å². The van der Waals surface area contributed by atoms with Crippen LogP contribution in [0, 0.1) is 5.92 Å². The van der Waals surface area contributed by atoms with Gasteiger partial charge in [-0.25, -0.2) is 0 Å². The largest absolute Gasteiger partial charge is 0.463 e. The van der Waals surface area contributed by atoms with Crippen LogP contribution in [0.5, 0.6) is 0 Å². The van der Waals surface area contributed by atoms with E-state index in [0.29, 0.717) is 6.04 Å².